The van der Waals surface area contributed by atoms with Crippen LogP contribution in [0.25, 0.3) is 26.3 Å². The van der Waals surface area contributed by atoms with E-state index in [1.54, 1.807) is 13.0 Å². The topological polar surface area (TPSA) is 91.8 Å². The molecule has 166 valence electrons. The van der Waals surface area contributed by atoms with Crippen LogP contribution in [-0.4, -0.2) is 38.9 Å². The Hall–Kier alpha value is -3.91. The van der Waals surface area contributed by atoms with Crippen LogP contribution in [0.5, 0.6) is 0 Å². The van der Waals surface area contributed by atoms with Crippen molar-refractivity contribution in [3.05, 3.63) is 84.3 Å². The first-order valence-electron chi connectivity index (χ1n) is 10.8. The third-order valence-electron chi connectivity index (χ3n) is 5.57. The van der Waals surface area contributed by atoms with E-state index in [0.717, 1.165) is 31.8 Å². The van der Waals surface area contributed by atoms with Gasteiger partial charge in [0.25, 0.3) is 5.91 Å². The van der Waals surface area contributed by atoms with Gasteiger partial charge in [0.15, 0.2) is 5.13 Å². The van der Waals surface area contributed by atoms with Crippen LogP contribution in [0.3, 0.4) is 0 Å². The van der Waals surface area contributed by atoms with Gasteiger partial charge in [-0.05, 0) is 55.3 Å². The summed E-state index contributed by atoms with van der Waals surface area (Å²) in [4.78, 5) is 33.1. The van der Waals surface area contributed by atoms with Crippen molar-refractivity contribution in [1.82, 2.24) is 25.2 Å². The molecule has 1 unspecified atom stereocenters. The van der Waals surface area contributed by atoms with Crippen LogP contribution in [0.2, 0.25) is 0 Å². The number of aromatic amines is 1. The quantitative estimate of drug-likeness (QED) is 0.344. The highest BCUT2D eigenvalue weighted by Gasteiger charge is 2.17. The van der Waals surface area contributed by atoms with Gasteiger partial charge in [-0.15, -0.1) is 0 Å². The van der Waals surface area contributed by atoms with Gasteiger partial charge < -0.3 is 20.2 Å². The first kappa shape index (κ1) is 21.0. The number of amides is 2. The Bertz CT molecular complexity index is 1430. The van der Waals surface area contributed by atoms with E-state index in [1.165, 1.54) is 11.3 Å². The number of hydrogen-bond donors (Lipinski definition) is 3. The molecular weight excluding hydrogens is 434 g/mol. The number of fused-ring (bicyclic) bond motifs is 2. The molecule has 2 amide bonds. The summed E-state index contributed by atoms with van der Waals surface area (Å²) in [5.41, 5.74) is 3.57. The van der Waals surface area contributed by atoms with E-state index in [0.29, 0.717) is 18.5 Å². The summed E-state index contributed by atoms with van der Waals surface area (Å²) in [6.45, 7) is 2.18. The third-order valence-corrected chi connectivity index (χ3v) is 6.61. The molecule has 3 aromatic heterocycles. The summed E-state index contributed by atoms with van der Waals surface area (Å²) < 4.78 is 2.86. The molecule has 2 aromatic carbocycles. The molecule has 8 heteroatoms. The molecule has 0 saturated carbocycles. The highest BCUT2D eigenvalue weighted by Crippen LogP contribution is 2.26. The monoisotopic (exact) mass is 457 g/mol. The van der Waals surface area contributed by atoms with Crippen molar-refractivity contribution in [2.24, 2.45) is 0 Å². The molecular formula is C25H23N5O2S. The van der Waals surface area contributed by atoms with Crippen molar-refractivity contribution in [2.75, 3.05) is 6.54 Å². The molecule has 0 saturated heterocycles. The number of H-pyrrole nitrogens is 1. The molecule has 0 spiro atoms. The third kappa shape index (κ3) is 4.38. The SMILES string of the molecule is CC(NC(=O)c1ccc2nc(-n3cccc3)sc2c1)C(=O)NCCc1c[nH]c2ccccc12. The molecule has 0 bridgehead atoms. The van der Waals surface area contributed by atoms with Crippen LogP contribution in [0.15, 0.2) is 73.2 Å². The summed E-state index contributed by atoms with van der Waals surface area (Å²) in [7, 11) is 0. The summed E-state index contributed by atoms with van der Waals surface area (Å²) in [5.74, 6) is -0.496. The van der Waals surface area contributed by atoms with Crippen LogP contribution < -0.4 is 10.6 Å². The smallest absolute Gasteiger partial charge is 0.251 e. The van der Waals surface area contributed by atoms with E-state index in [2.05, 4.69) is 26.7 Å². The number of rotatable bonds is 7. The lowest BCUT2D eigenvalue weighted by molar-refractivity contribution is -0.122. The fourth-order valence-corrected chi connectivity index (χ4v) is 4.76. The van der Waals surface area contributed by atoms with Crippen LogP contribution in [0.4, 0.5) is 0 Å². The number of hydrogen-bond acceptors (Lipinski definition) is 4. The first-order chi connectivity index (χ1) is 16.1. The molecule has 0 aliphatic rings. The van der Waals surface area contributed by atoms with Gasteiger partial charge in [-0.2, -0.15) is 0 Å². The molecule has 0 fully saturated rings. The molecule has 0 radical (unpaired) electrons. The number of carbonyl (C=O) groups is 2. The van der Waals surface area contributed by atoms with Gasteiger partial charge in [-0.25, -0.2) is 4.98 Å². The van der Waals surface area contributed by atoms with E-state index in [4.69, 9.17) is 0 Å². The minimum absolute atomic E-state index is 0.211. The van der Waals surface area contributed by atoms with Crippen molar-refractivity contribution >= 4 is 44.3 Å². The van der Waals surface area contributed by atoms with E-state index in [1.807, 2.05) is 65.6 Å². The molecule has 0 aliphatic carbocycles. The summed E-state index contributed by atoms with van der Waals surface area (Å²) in [6.07, 6.45) is 6.55. The fraction of sp³-hybridized carbons (Fsp3) is 0.160. The van der Waals surface area contributed by atoms with Gasteiger partial charge in [0.05, 0.1) is 10.2 Å². The fourth-order valence-electron chi connectivity index (χ4n) is 3.78. The average Bonchev–Trinajstić information content (AvgIpc) is 3.57. The van der Waals surface area contributed by atoms with E-state index in [9.17, 15) is 9.59 Å². The molecule has 1 atom stereocenters. The second kappa shape index (κ2) is 8.91. The highest BCUT2D eigenvalue weighted by atomic mass is 32.1. The second-order valence-corrected chi connectivity index (χ2v) is 8.87. The molecule has 3 heterocycles. The van der Waals surface area contributed by atoms with E-state index >= 15 is 0 Å². The Balaban J connectivity index is 1.18. The minimum Gasteiger partial charge on any atom is -0.361 e. The van der Waals surface area contributed by atoms with Gasteiger partial charge in [-0.1, -0.05) is 29.5 Å². The summed E-state index contributed by atoms with van der Waals surface area (Å²) in [5, 5.41) is 7.70. The first-order valence-corrected chi connectivity index (χ1v) is 11.6. The van der Waals surface area contributed by atoms with Gasteiger partial charge >= 0.3 is 0 Å². The number of nitrogens with zero attached hydrogens (tertiary/aromatic N) is 2. The summed E-state index contributed by atoms with van der Waals surface area (Å²) >= 11 is 1.51. The lowest BCUT2D eigenvalue weighted by atomic mass is 10.1. The Morgan fingerprint density at radius 2 is 1.94 bits per heavy atom. The van der Waals surface area contributed by atoms with E-state index in [-0.39, 0.29) is 11.8 Å². The second-order valence-electron chi connectivity index (χ2n) is 7.86. The Kier molecular flexibility index (Phi) is 5.66. The van der Waals surface area contributed by atoms with Crippen molar-refractivity contribution in [3.63, 3.8) is 0 Å². The zero-order chi connectivity index (χ0) is 22.8. The predicted molar refractivity (Wildman–Crippen MR) is 131 cm³/mol. The number of aromatic nitrogens is 3. The lowest BCUT2D eigenvalue weighted by Gasteiger charge is -2.14. The molecule has 3 N–H and O–H groups in total. The van der Waals surface area contributed by atoms with Crippen LogP contribution in [0, 0.1) is 0 Å². The molecule has 7 nitrogen and oxygen atoms in total. The minimum atomic E-state index is -0.645. The van der Waals surface area contributed by atoms with Crippen LogP contribution >= 0.6 is 11.3 Å². The van der Waals surface area contributed by atoms with Gasteiger partial charge in [-0.3, -0.25) is 9.59 Å². The summed E-state index contributed by atoms with van der Waals surface area (Å²) in [6, 6.07) is 16.7. The van der Waals surface area contributed by atoms with Gasteiger partial charge in [0.2, 0.25) is 5.91 Å². The maximum absolute atomic E-state index is 12.7. The largest absolute Gasteiger partial charge is 0.361 e. The lowest BCUT2D eigenvalue weighted by Crippen LogP contribution is -2.45. The molecule has 5 rings (SSSR count). The van der Waals surface area contributed by atoms with Crippen LogP contribution in [0.1, 0.15) is 22.8 Å². The van der Waals surface area contributed by atoms with Crippen molar-refractivity contribution < 1.29 is 9.59 Å². The van der Waals surface area contributed by atoms with Gasteiger partial charge in [0.1, 0.15) is 6.04 Å². The van der Waals surface area contributed by atoms with E-state index < -0.39 is 6.04 Å². The zero-order valence-corrected chi connectivity index (χ0v) is 18.9. The molecule has 5 aromatic rings. The molecule has 0 aliphatic heterocycles. The number of carbonyl (C=O) groups excluding carboxylic acids is 2. The highest BCUT2D eigenvalue weighted by molar-refractivity contribution is 7.20. The number of benzene rings is 2. The standard InChI is InChI=1S/C25H23N5O2S/c1-16(23(31)26-11-10-18-15-27-20-7-3-2-6-19(18)20)28-24(32)17-8-9-21-22(14-17)33-25(29-21)30-12-4-5-13-30/h2-9,12-16,27H,10-11H2,1H3,(H,26,31)(H,28,32). The Morgan fingerprint density at radius 3 is 2.79 bits per heavy atom. The maximum Gasteiger partial charge on any atom is 0.251 e. The Morgan fingerprint density at radius 1 is 1.12 bits per heavy atom. The molecule has 33 heavy (non-hydrogen) atoms. The average molecular weight is 458 g/mol. The van der Waals surface area contributed by atoms with Crippen molar-refractivity contribution in [2.45, 2.75) is 19.4 Å². The predicted octanol–water partition coefficient (Wildman–Crippen LogP) is 4.05. The Labute approximate surface area is 194 Å². The van der Waals surface area contributed by atoms with Crippen LogP contribution in [-0.2, 0) is 11.2 Å². The number of para-hydroxylation sites is 1. The number of thiazole rings is 1. The van der Waals surface area contributed by atoms with Gasteiger partial charge in [0, 0.05) is 41.6 Å². The number of nitrogens with one attached hydrogen (secondary N) is 3. The van der Waals surface area contributed by atoms with Crippen molar-refractivity contribution in [1.29, 1.82) is 0 Å². The van der Waals surface area contributed by atoms with Crippen molar-refractivity contribution in [3.8, 4) is 5.13 Å². The maximum atomic E-state index is 12.7. The normalized spacial score (nSPS) is 12.2. The zero-order valence-electron chi connectivity index (χ0n) is 18.0.